The van der Waals surface area contributed by atoms with Gasteiger partial charge in [0.2, 0.25) is 11.9 Å². The summed E-state index contributed by atoms with van der Waals surface area (Å²) in [4.78, 5) is 19.9. The van der Waals surface area contributed by atoms with Crippen LogP contribution < -0.4 is 15.4 Å². The van der Waals surface area contributed by atoms with Gasteiger partial charge in [0.25, 0.3) is 0 Å². The van der Waals surface area contributed by atoms with Gasteiger partial charge in [0.15, 0.2) is 0 Å². The van der Waals surface area contributed by atoms with Crippen molar-refractivity contribution in [1.29, 1.82) is 0 Å². The molecule has 2 aromatic carbocycles. The Morgan fingerprint density at radius 3 is 2.28 bits per heavy atom. The van der Waals surface area contributed by atoms with Crippen LogP contribution in [0, 0.1) is 0 Å². The number of hydrogen-bond acceptors (Lipinski definition) is 5. The molecular formula is C19H18N4O2. The van der Waals surface area contributed by atoms with Gasteiger partial charge in [-0.25, -0.2) is 9.97 Å². The zero-order chi connectivity index (χ0) is 17.6. The van der Waals surface area contributed by atoms with Crippen LogP contribution in [-0.4, -0.2) is 23.0 Å². The number of benzene rings is 2. The average molecular weight is 334 g/mol. The van der Waals surface area contributed by atoms with Crippen LogP contribution in [0.5, 0.6) is 5.75 Å². The van der Waals surface area contributed by atoms with Crippen LogP contribution in [0.2, 0.25) is 0 Å². The highest BCUT2D eigenvalue weighted by atomic mass is 16.5. The normalized spacial score (nSPS) is 10.2. The van der Waals surface area contributed by atoms with E-state index < -0.39 is 0 Å². The number of anilines is 3. The molecule has 126 valence electrons. The van der Waals surface area contributed by atoms with E-state index in [1.54, 1.807) is 13.3 Å². The van der Waals surface area contributed by atoms with Crippen molar-refractivity contribution < 1.29 is 9.53 Å². The van der Waals surface area contributed by atoms with Crippen LogP contribution >= 0.6 is 0 Å². The number of carbonyl (C=O) groups excluding carboxylic acids is 1. The number of methoxy groups -OCH3 is 1. The Labute approximate surface area is 145 Å². The van der Waals surface area contributed by atoms with E-state index in [0.29, 0.717) is 5.95 Å². The van der Waals surface area contributed by atoms with Crippen LogP contribution in [0.25, 0.3) is 11.3 Å². The molecule has 0 aliphatic heterocycles. The van der Waals surface area contributed by atoms with Gasteiger partial charge in [0.1, 0.15) is 5.75 Å². The van der Waals surface area contributed by atoms with E-state index >= 15 is 0 Å². The summed E-state index contributed by atoms with van der Waals surface area (Å²) in [5, 5.41) is 5.91. The van der Waals surface area contributed by atoms with E-state index in [-0.39, 0.29) is 5.91 Å². The van der Waals surface area contributed by atoms with Crippen LogP contribution in [0.15, 0.2) is 60.8 Å². The molecule has 0 fully saturated rings. The Balaban J connectivity index is 1.77. The monoisotopic (exact) mass is 334 g/mol. The maximum Gasteiger partial charge on any atom is 0.227 e. The van der Waals surface area contributed by atoms with Crippen molar-refractivity contribution in [3.8, 4) is 17.0 Å². The highest BCUT2D eigenvalue weighted by Crippen LogP contribution is 2.22. The van der Waals surface area contributed by atoms with Crippen molar-refractivity contribution in [3.05, 3.63) is 60.8 Å². The Kier molecular flexibility index (Phi) is 4.89. The predicted molar refractivity (Wildman–Crippen MR) is 98.0 cm³/mol. The lowest BCUT2D eigenvalue weighted by Crippen LogP contribution is -2.05. The standard InChI is InChI=1S/C19H18N4O2/c1-13(24)21-15-5-3-14(4-6-15)18-11-12-20-19(23-18)22-16-7-9-17(25-2)10-8-16/h3-12H,1-2H3,(H,21,24)(H,20,22,23). The van der Waals surface area contributed by atoms with Gasteiger partial charge >= 0.3 is 0 Å². The smallest absolute Gasteiger partial charge is 0.227 e. The van der Waals surface area contributed by atoms with Gasteiger partial charge in [-0.05, 0) is 42.5 Å². The fourth-order valence-electron chi connectivity index (χ4n) is 2.31. The highest BCUT2D eigenvalue weighted by Gasteiger charge is 2.04. The lowest BCUT2D eigenvalue weighted by atomic mass is 10.1. The number of aromatic nitrogens is 2. The molecule has 0 saturated heterocycles. The molecule has 0 spiro atoms. The van der Waals surface area contributed by atoms with E-state index in [9.17, 15) is 4.79 Å². The van der Waals surface area contributed by atoms with E-state index in [4.69, 9.17) is 4.74 Å². The van der Waals surface area contributed by atoms with Crippen molar-refractivity contribution in [3.63, 3.8) is 0 Å². The lowest BCUT2D eigenvalue weighted by molar-refractivity contribution is -0.114. The molecule has 2 N–H and O–H groups in total. The summed E-state index contributed by atoms with van der Waals surface area (Å²) < 4.78 is 5.14. The first-order chi connectivity index (χ1) is 12.1. The zero-order valence-electron chi connectivity index (χ0n) is 14.0. The van der Waals surface area contributed by atoms with Crippen LogP contribution in [0.4, 0.5) is 17.3 Å². The molecule has 0 saturated carbocycles. The molecule has 0 unspecified atom stereocenters. The number of nitrogens with one attached hydrogen (secondary N) is 2. The number of nitrogens with zero attached hydrogens (tertiary/aromatic N) is 2. The second-order valence-electron chi connectivity index (χ2n) is 5.38. The summed E-state index contributed by atoms with van der Waals surface area (Å²) in [5.74, 6) is 1.20. The van der Waals surface area contributed by atoms with Gasteiger partial charge in [-0.2, -0.15) is 0 Å². The number of amides is 1. The molecule has 0 radical (unpaired) electrons. The Hall–Kier alpha value is -3.41. The molecule has 1 heterocycles. The summed E-state index contributed by atoms with van der Waals surface area (Å²) in [7, 11) is 1.63. The summed E-state index contributed by atoms with van der Waals surface area (Å²) >= 11 is 0. The first kappa shape index (κ1) is 16.4. The van der Waals surface area contributed by atoms with Gasteiger partial charge in [0.05, 0.1) is 12.8 Å². The molecule has 3 rings (SSSR count). The Morgan fingerprint density at radius 2 is 1.64 bits per heavy atom. The van der Waals surface area contributed by atoms with E-state index in [2.05, 4.69) is 20.6 Å². The summed E-state index contributed by atoms with van der Waals surface area (Å²) in [6.07, 6.45) is 1.70. The Bertz CT molecular complexity index is 861. The lowest BCUT2D eigenvalue weighted by Gasteiger charge is -2.08. The van der Waals surface area contributed by atoms with Crippen LogP contribution in [-0.2, 0) is 4.79 Å². The van der Waals surface area contributed by atoms with E-state index in [1.807, 2.05) is 54.6 Å². The molecular weight excluding hydrogens is 316 g/mol. The van der Waals surface area contributed by atoms with Gasteiger partial charge in [-0.15, -0.1) is 0 Å². The number of rotatable bonds is 5. The summed E-state index contributed by atoms with van der Waals surface area (Å²) in [6, 6.07) is 16.9. The van der Waals surface area contributed by atoms with Gasteiger partial charge < -0.3 is 15.4 Å². The predicted octanol–water partition coefficient (Wildman–Crippen LogP) is 3.85. The third-order valence-corrected chi connectivity index (χ3v) is 3.50. The molecule has 1 aromatic heterocycles. The maximum absolute atomic E-state index is 11.1. The maximum atomic E-state index is 11.1. The van der Waals surface area contributed by atoms with Gasteiger partial charge in [0, 0.05) is 30.1 Å². The fraction of sp³-hybridized carbons (Fsp3) is 0.105. The molecule has 0 bridgehead atoms. The van der Waals surface area contributed by atoms with Crippen molar-refractivity contribution in [2.75, 3.05) is 17.7 Å². The minimum absolute atomic E-state index is 0.0965. The average Bonchev–Trinajstić information content (AvgIpc) is 2.63. The molecule has 0 atom stereocenters. The van der Waals surface area contributed by atoms with Crippen molar-refractivity contribution in [2.45, 2.75) is 6.92 Å². The number of ether oxygens (including phenoxy) is 1. The molecule has 0 aliphatic rings. The molecule has 6 nitrogen and oxygen atoms in total. The minimum atomic E-state index is -0.0965. The minimum Gasteiger partial charge on any atom is -0.497 e. The quantitative estimate of drug-likeness (QED) is 0.741. The summed E-state index contributed by atoms with van der Waals surface area (Å²) in [6.45, 7) is 1.48. The molecule has 1 amide bonds. The molecule has 0 aliphatic carbocycles. The third kappa shape index (κ3) is 4.32. The Morgan fingerprint density at radius 1 is 0.960 bits per heavy atom. The van der Waals surface area contributed by atoms with E-state index in [1.165, 1.54) is 6.92 Å². The fourth-order valence-corrected chi connectivity index (χ4v) is 2.31. The second-order valence-corrected chi connectivity index (χ2v) is 5.38. The number of hydrogen-bond donors (Lipinski definition) is 2. The largest absolute Gasteiger partial charge is 0.497 e. The topological polar surface area (TPSA) is 76.1 Å². The SMILES string of the molecule is COc1ccc(Nc2nccc(-c3ccc(NC(C)=O)cc3)n2)cc1. The highest BCUT2D eigenvalue weighted by molar-refractivity contribution is 5.88. The van der Waals surface area contributed by atoms with Gasteiger partial charge in [-0.1, -0.05) is 12.1 Å². The molecule has 3 aromatic rings. The van der Waals surface area contributed by atoms with Crippen LogP contribution in [0.1, 0.15) is 6.92 Å². The van der Waals surface area contributed by atoms with Crippen molar-refractivity contribution in [1.82, 2.24) is 9.97 Å². The van der Waals surface area contributed by atoms with Gasteiger partial charge in [-0.3, -0.25) is 4.79 Å². The van der Waals surface area contributed by atoms with Crippen molar-refractivity contribution >= 4 is 23.2 Å². The first-order valence-electron chi connectivity index (χ1n) is 7.76. The molecule has 25 heavy (non-hydrogen) atoms. The molecule has 6 heteroatoms. The zero-order valence-corrected chi connectivity index (χ0v) is 14.0. The third-order valence-electron chi connectivity index (χ3n) is 3.50. The second kappa shape index (κ2) is 7.44. The van der Waals surface area contributed by atoms with Crippen LogP contribution in [0.3, 0.4) is 0 Å². The van der Waals surface area contributed by atoms with Crippen molar-refractivity contribution in [2.24, 2.45) is 0 Å². The number of carbonyl (C=O) groups is 1. The summed E-state index contributed by atoms with van der Waals surface area (Å²) in [5.41, 5.74) is 3.36. The van der Waals surface area contributed by atoms with E-state index in [0.717, 1.165) is 28.4 Å². The first-order valence-corrected chi connectivity index (χ1v) is 7.76.